The lowest BCUT2D eigenvalue weighted by molar-refractivity contribution is -0.116. The molecule has 1 nitrogen and oxygen atoms in total. The van der Waals surface area contributed by atoms with E-state index in [0.29, 0.717) is 6.42 Å². The van der Waals surface area contributed by atoms with Gasteiger partial charge in [-0.05, 0) is 18.9 Å². The maximum absolute atomic E-state index is 10.6. The van der Waals surface area contributed by atoms with Crippen LogP contribution in [0.25, 0.3) is 0 Å². The Morgan fingerprint density at radius 3 is 2.54 bits per heavy atom. The summed E-state index contributed by atoms with van der Waals surface area (Å²) in [5.74, 6) is 0.212. The Bertz CT molecular complexity index is 285. The first-order valence-corrected chi connectivity index (χ1v) is 4.47. The molecule has 0 fully saturated rings. The Labute approximate surface area is 79.1 Å². The first-order chi connectivity index (χ1) is 6.29. The zero-order valence-electron chi connectivity index (χ0n) is 7.86. The molecule has 68 valence electrons. The SMILES string of the molecule is CC(=O)CC=CCc1ccccc1. The van der Waals surface area contributed by atoms with Gasteiger partial charge >= 0.3 is 0 Å². The summed E-state index contributed by atoms with van der Waals surface area (Å²) in [6, 6.07) is 10.2. The Balaban J connectivity index is 2.35. The van der Waals surface area contributed by atoms with Gasteiger partial charge in [-0.1, -0.05) is 42.5 Å². The van der Waals surface area contributed by atoms with Crippen molar-refractivity contribution in [2.24, 2.45) is 0 Å². The topological polar surface area (TPSA) is 17.1 Å². The number of benzene rings is 1. The number of hydrogen-bond acceptors (Lipinski definition) is 1. The average Bonchev–Trinajstić information content (AvgIpc) is 2.14. The molecule has 0 bridgehead atoms. The van der Waals surface area contributed by atoms with E-state index in [2.05, 4.69) is 12.1 Å². The normalized spacial score (nSPS) is 10.5. The number of carbonyl (C=O) groups excluding carboxylic acids is 1. The standard InChI is InChI=1S/C12H14O/c1-11(13)7-5-6-10-12-8-3-2-4-9-12/h2-6,8-9H,7,10H2,1H3. The average molecular weight is 174 g/mol. The molecule has 0 N–H and O–H groups in total. The van der Waals surface area contributed by atoms with Gasteiger partial charge in [-0.25, -0.2) is 0 Å². The molecule has 13 heavy (non-hydrogen) atoms. The molecule has 0 radical (unpaired) electrons. The number of ketones is 1. The minimum Gasteiger partial charge on any atom is -0.300 e. The minimum absolute atomic E-state index is 0.212. The van der Waals surface area contributed by atoms with Gasteiger partial charge in [0.15, 0.2) is 0 Å². The van der Waals surface area contributed by atoms with Crippen molar-refractivity contribution in [2.75, 3.05) is 0 Å². The van der Waals surface area contributed by atoms with Gasteiger partial charge in [-0.15, -0.1) is 0 Å². The van der Waals surface area contributed by atoms with Crippen LogP contribution in [0.5, 0.6) is 0 Å². The molecule has 0 aliphatic rings. The van der Waals surface area contributed by atoms with Crippen LogP contribution < -0.4 is 0 Å². The molecule has 0 saturated heterocycles. The molecule has 0 heterocycles. The zero-order valence-corrected chi connectivity index (χ0v) is 7.86. The summed E-state index contributed by atoms with van der Waals surface area (Å²) < 4.78 is 0. The fourth-order valence-corrected chi connectivity index (χ4v) is 1.08. The number of hydrogen-bond donors (Lipinski definition) is 0. The molecule has 0 aliphatic carbocycles. The molecular weight excluding hydrogens is 160 g/mol. The van der Waals surface area contributed by atoms with E-state index in [1.165, 1.54) is 5.56 Å². The van der Waals surface area contributed by atoms with Crippen molar-refractivity contribution < 1.29 is 4.79 Å². The molecule has 1 heteroatoms. The highest BCUT2D eigenvalue weighted by Gasteiger charge is 1.87. The van der Waals surface area contributed by atoms with Crippen molar-refractivity contribution in [3.05, 3.63) is 48.0 Å². The fourth-order valence-electron chi connectivity index (χ4n) is 1.08. The first kappa shape index (κ1) is 9.72. The monoisotopic (exact) mass is 174 g/mol. The van der Waals surface area contributed by atoms with Gasteiger partial charge < -0.3 is 0 Å². The highest BCUT2D eigenvalue weighted by atomic mass is 16.1. The van der Waals surface area contributed by atoms with Crippen LogP contribution in [0.1, 0.15) is 18.9 Å². The molecular formula is C12H14O. The lowest BCUT2D eigenvalue weighted by Gasteiger charge is -1.93. The van der Waals surface area contributed by atoms with E-state index >= 15 is 0 Å². The second kappa shape index (κ2) is 5.31. The van der Waals surface area contributed by atoms with Crippen LogP contribution >= 0.6 is 0 Å². The molecule has 1 rings (SSSR count). The summed E-state index contributed by atoms with van der Waals surface area (Å²) in [5, 5.41) is 0. The maximum atomic E-state index is 10.6. The summed E-state index contributed by atoms with van der Waals surface area (Å²) in [6.45, 7) is 1.60. The van der Waals surface area contributed by atoms with Crippen molar-refractivity contribution in [1.82, 2.24) is 0 Å². The van der Waals surface area contributed by atoms with E-state index in [0.717, 1.165) is 6.42 Å². The summed E-state index contributed by atoms with van der Waals surface area (Å²) in [4.78, 5) is 10.6. The Kier molecular flexibility index (Phi) is 3.97. The molecule has 0 aromatic heterocycles. The number of rotatable bonds is 4. The fraction of sp³-hybridized carbons (Fsp3) is 0.250. The second-order valence-electron chi connectivity index (χ2n) is 3.07. The van der Waals surface area contributed by atoms with Crippen LogP contribution in [-0.4, -0.2) is 5.78 Å². The predicted octanol–water partition coefficient (Wildman–Crippen LogP) is 2.76. The molecule has 1 aromatic rings. The van der Waals surface area contributed by atoms with E-state index in [-0.39, 0.29) is 5.78 Å². The number of allylic oxidation sites excluding steroid dienone is 2. The maximum Gasteiger partial charge on any atom is 0.133 e. The van der Waals surface area contributed by atoms with Gasteiger partial charge in [0.05, 0.1) is 0 Å². The van der Waals surface area contributed by atoms with Crippen LogP contribution in [-0.2, 0) is 11.2 Å². The van der Waals surface area contributed by atoms with E-state index in [1.54, 1.807) is 6.92 Å². The van der Waals surface area contributed by atoms with Crippen molar-refractivity contribution >= 4 is 5.78 Å². The second-order valence-corrected chi connectivity index (χ2v) is 3.07. The van der Waals surface area contributed by atoms with Gasteiger partial charge in [0.1, 0.15) is 5.78 Å². The molecule has 0 unspecified atom stereocenters. The van der Waals surface area contributed by atoms with E-state index in [9.17, 15) is 4.79 Å². The molecule has 1 aromatic carbocycles. The summed E-state index contributed by atoms with van der Waals surface area (Å²) in [5.41, 5.74) is 1.28. The van der Waals surface area contributed by atoms with Crippen molar-refractivity contribution in [3.8, 4) is 0 Å². The van der Waals surface area contributed by atoms with Crippen LogP contribution in [0.2, 0.25) is 0 Å². The summed E-state index contributed by atoms with van der Waals surface area (Å²) in [6.07, 6.45) is 5.42. The Morgan fingerprint density at radius 1 is 1.23 bits per heavy atom. The Hall–Kier alpha value is -1.37. The highest BCUT2D eigenvalue weighted by molar-refractivity contribution is 5.76. The van der Waals surface area contributed by atoms with Crippen molar-refractivity contribution in [2.45, 2.75) is 19.8 Å². The summed E-state index contributed by atoms with van der Waals surface area (Å²) in [7, 11) is 0. The predicted molar refractivity (Wildman–Crippen MR) is 54.6 cm³/mol. The molecule has 0 aliphatic heterocycles. The van der Waals surface area contributed by atoms with Crippen molar-refractivity contribution in [3.63, 3.8) is 0 Å². The Morgan fingerprint density at radius 2 is 1.92 bits per heavy atom. The van der Waals surface area contributed by atoms with E-state index in [1.807, 2.05) is 30.4 Å². The highest BCUT2D eigenvalue weighted by Crippen LogP contribution is 2.00. The van der Waals surface area contributed by atoms with Crippen molar-refractivity contribution in [1.29, 1.82) is 0 Å². The van der Waals surface area contributed by atoms with Gasteiger partial charge in [-0.2, -0.15) is 0 Å². The molecule has 0 atom stereocenters. The van der Waals surface area contributed by atoms with Crippen LogP contribution in [0.15, 0.2) is 42.5 Å². The van der Waals surface area contributed by atoms with Gasteiger partial charge in [-0.3, -0.25) is 4.79 Å². The lowest BCUT2D eigenvalue weighted by atomic mass is 10.1. The van der Waals surface area contributed by atoms with Crippen LogP contribution in [0, 0.1) is 0 Å². The number of Topliss-reactive ketones (excluding diaryl/α,β-unsaturated/α-hetero) is 1. The largest absolute Gasteiger partial charge is 0.300 e. The molecule has 0 amide bonds. The van der Waals surface area contributed by atoms with E-state index in [4.69, 9.17) is 0 Å². The zero-order chi connectivity index (χ0) is 9.52. The third-order valence-electron chi connectivity index (χ3n) is 1.77. The number of carbonyl (C=O) groups is 1. The van der Waals surface area contributed by atoms with Crippen LogP contribution in [0.4, 0.5) is 0 Å². The molecule has 0 saturated carbocycles. The third kappa shape index (κ3) is 4.26. The molecule has 0 spiro atoms. The first-order valence-electron chi connectivity index (χ1n) is 4.47. The van der Waals surface area contributed by atoms with E-state index < -0.39 is 0 Å². The van der Waals surface area contributed by atoms with Gasteiger partial charge in [0.25, 0.3) is 0 Å². The summed E-state index contributed by atoms with van der Waals surface area (Å²) >= 11 is 0. The van der Waals surface area contributed by atoms with Gasteiger partial charge in [0.2, 0.25) is 0 Å². The quantitative estimate of drug-likeness (QED) is 0.641. The minimum atomic E-state index is 0.212. The van der Waals surface area contributed by atoms with Crippen LogP contribution in [0.3, 0.4) is 0 Å². The third-order valence-corrected chi connectivity index (χ3v) is 1.77. The lowest BCUT2D eigenvalue weighted by Crippen LogP contribution is -1.85. The van der Waals surface area contributed by atoms with Gasteiger partial charge in [0, 0.05) is 6.42 Å². The smallest absolute Gasteiger partial charge is 0.133 e.